The number of ether oxygens (including phenoxy) is 2. The number of hydrogen-bond donors (Lipinski definition) is 2. The summed E-state index contributed by atoms with van der Waals surface area (Å²) < 4.78 is 10.8. The van der Waals surface area contributed by atoms with Crippen LogP contribution in [0.15, 0.2) is 10.9 Å². The topological polar surface area (TPSA) is 120 Å². The molecule has 0 bridgehead atoms. The van der Waals surface area contributed by atoms with Crippen molar-refractivity contribution >= 4 is 28.8 Å². The summed E-state index contributed by atoms with van der Waals surface area (Å²) in [5.74, 6) is 1.20. The van der Waals surface area contributed by atoms with Crippen LogP contribution in [0.1, 0.15) is 24.8 Å². The highest BCUT2D eigenvalue weighted by atomic mass is 16.5. The minimum atomic E-state index is -0.857. The molecule has 3 heterocycles. The summed E-state index contributed by atoms with van der Waals surface area (Å²) in [5, 5.41) is 2.95. The van der Waals surface area contributed by atoms with Gasteiger partial charge in [0.2, 0.25) is 5.95 Å². The van der Waals surface area contributed by atoms with Crippen molar-refractivity contribution in [3.63, 3.8) is 0 Å². The normalized spacial score (nSPS) is 17.7. The number of fused-ring (bicyclic) bond motifs is 1. The standard InChI is InChI=1S/C23H32N6O5/c1-14-17-15(13-16(33-4)18(14)34-5)24-21(25-19(17)30)28-11-7-23(8-12-28)20(31)26-22(32)29(23)10-6-9-27(2)3/h13H,6-12H2,1-5H3,(H,24,25,30)(H,26,31,32). The molecule has 2 aliphatic rings. The number of hydrogen-bond acceptors (Lipinski definition) is 8. The van der Waals surface area contributed by atoms with E-state index in [1.54, 1.807) is 25.0 Å². The lowest BCUT2D eigenvalue weighted by atomic mass is 9.86. The van der Waals surface area contributed by atoms with Crippen molar-refractivity contribution in [2.24, 2.45) is 0 Å². The zero-order valence-electron chi connectivity index (χ0n) is 20.4. The van der Waals surface area contributed by atoms with Gasteiger partial charge in [0.25, 0.3) is 11.5 Å². The van der Waals surface area contributed by atoms with Crippen LogP contribution in [0.2, 0.25) is 0 Å². The van der Waals surface area contributed by atoms with Gasteiger partial charge in [-0.3, -0.25) is 19.9 Å². The van der Waals surface area contributed by atoms with Crippen LogP contribution in [0.25, 0.3) is 10.9 Å². The van der Waals surface area contributed by atoms with Crippen molar-refractivity contribution in [1.29, 1.82) is 0 Å². The smallest absolute Gasteiger partial charge is 0.325 e. The monoisotopic (exact) mass is 472 g/mol. The number of urea groups is 1. The Labute approximate surface area is 198 Å². The Kier molecular flexibility index (Phi) is 6.39. The van der Waals surface area contributed by atoms with E-state index >= 15 is 0 Å². The highest BCUT2D eigenvalue weighted by molar-refractivity contribution is 6.07. The Bertz CT molecular complexity index is 1170. The Balaban J connectivity index is 1.59. The molecule has 2 saturated heterocycles. The number of imide groups is 1. The fourth-order valence-electron chi connectivity index (χ4n) is 5.03. The molecule has 2 aliphatic heterocycles. The second kappa shape index (κ2) is 9.13. The van der Waals surface area contributed by atoms with Gasteiger partial charge in [0, 0.05) is 31.3 Å². The number of rotatable bonds is 7. The summed E-state index contributed by atoms with van der Waals surface area (Å²) in [4.78, 5) is 51.5. The molecule has 0 saturated carbocycles. The van der Waals surface area contributed by atoms with Crippen molar-refractivity contribution in [3.05, 3.63) is 22.0 Å². The fourth-order valence-corrected chi connectivity index (χ4v) is 5.03. The van der Waals surface area contributed by atoms with Crippen LogP contribution < -0.4 is 25.2 Å². The lowest BCUT2D eigenvalue weighted by molar-refractivity contribution is -0.127. The molecule has 11 nitrogen and oxygen atoms in total. The zero-order valence-corrected chi connectivity index (χ0v) is 20.4. The summed E-state index contributed by atoms with van der Waals surface area (Å²) in [6, 6.07) is 1.37. The lowest BCUT2D eigenvalue weighted by Gasteiger charge is -2.42. The molecule has 0 radical (unpaired) electrons. The maximum atomic E-state index is 13.0. The van der Waals surface area contributed by atoms with Crippen LogP contribution in [0.3, 0.4) is 0 Å². The van der Waals surface area contributed by atoms with Crippen molar-refractivity contribution in [2.45, 2.75) is 31.7 Å². The first-order valence-electron chi connectivity index (χ1n) is 11.4. The third-order valence-corrected chi connectivity index (χ3v) is 6.85. The van der Waals surface area contributed by atoms with Crippen LogP contribution in [0, 0.1) is 6.92 Å². The number of aromatic nitrogens is 2. The third kappa shape index (κ3) is 3.93. The predicted molar refractivity (Wildman–Crippen MR) is 128 cm³/mol. The third-order valence-electron chi connectivity index (χ3n) is 6.85. The molecular weight excluding hydrogens is 440 g/mol. The minimum Gasteiger partial charge on any atom is -0.493 e. The van der Waals surface area contributed by atoms with Gasteiger partial charge in [-0.1, -0.05) is 0 Å². The zero-order chi connectivity index (χ0) is 24.6. The molecule has 34 heavy (non-hydrogen) atoms. The average molecular weight is 473 g/mol. The number of anilines is 1. The summed E-state index contributed by atoms with van der Waals surface area (Å²) in [6.07, 6.45) is 1.70. The fraction of sp³-hybridized carbons (Fsp3) is 0.565. The lowest BCUT2D eigenvalue weighted by Crippen LogP contribution is -2.57. The number of nitrogens with one attached hydrogen (secondary N) is 2. The van der Waals surface area contributed by atoms with E-state index in [1.165, 1.54) is 7.11 Å². The molecule has 0 aliphatic carbocycles. The van der Waals surface area contributed by atoms with E-state index in [0.717, 1.165) is 13.0 Å². The van der Waals surface area contributed by atoms with E-state index in [0.29, 0.717) is 66.4 Å². The van der Waals surface area contributed by atoms with Crippen molar-refractivity contribution in [3.8, 4) is 11.5 Å². The maximum Gasteiger partial charge on any atom is 0.325 e. The van der Waals surface area contributed by atoms with E-state index in [4.69, 9.17) is 9.47 Å². The number of carbonyl (C=O) groups excluding carboxylic acids is 2. The number of carbonyl (C=O) groups is 2. The molecular formula is C23H32N6O5. The molecule has 4 rings (SSSR count). The van der Waals surface area contributed by atoms with Gasteiger partial charge in [0.05, 0.1) is 25.1 Å². The van der Waals surface area contributed by atoms with Gasteiger partial charge in [-0.25, -0.2) is 9.78 Å². The van der Waals surface area contributed by atoms with Gasteiger partial charge in [-0.05, 0) is 46.8 Å². The van der Waals surface area contributed by atoms with Crippen LogP contribution in [0.4, 0.5) is 10.7 Å². The van der Waals surface area contributed by atoms with E-state index in [2.05, 4.69) is 20.2 Å². The number of benzene rings is 1. The van der Waals surface area contributed by atoms with Crippen molar-refractivity contribution < 1.29 is 19.1 Å². The average Bonchev–Trinajstić information content (AvgIpc) is 3.02. The molecule has 2 aromatic rings. The summed E-state index contributed by atoms with van der Waals surface area (Å²) in [6.45, 7) is 4.10. The largest absolute Gasteiger partial charge is 0.493 e. The number of amides is 3. The Morgan fingerprint density at radius 1 is 1.15 bits per heavy atom. The Morgan fingerprint density at radius 2 is 1.85 bits per heavy atom. The Hall–Kier alpha value is -3.34. The van der Waals surface area contributed by atoms with E-state index in [1.807, 2.05) is 19.0 Å². The van der Waals surface area contributed by atoms with Gasteiger partial charge in [-0.2, -0.15) is 0 Å². The number of nitrogens with zero attached hydrogens (tertiary/aromatic N) is 4. The van der Waals surface area contributed by atoms with E-state index in [9.17, 15) is 14.4 Å². The number of methoxy groups -OCH3 is 2. The van der Waals surface area contributed by atoms with Crippen LogP contribution in [0.5, 0.6) is 11.5 Å². The molecule has 0 atom stereocenters. The van der Waals surface area contributed by atoms with Gasteiger partial charge in [0.15, 0.2) is 11.5 Å². The highest BCUT2D eigenvalue weighted by Crippen LogP contribution is 2.37. The highest BCUT2D eigenvalue weighted by Gasteiger charge is 2.53. The number of H-pyrrole nitrogens is 1. The van der Waals surface area contributed by atoms with Crippen LogP contribution in [-0.4, -0.2) is 91.7 Å². The molecule has 1 aromatic heterocycles. The second-order valence-corrected chi connectivity index (χ2v) is 9.11. The van der Waals surface area contributed by atoms with E-state index < -0.39 is 5.54 Å². The predicted octanol–water partition coefficient (Wildman–Crippen LogP) is 1.09. The molecule has 1 aromatic carbocycles. The second-order valence-electron chi connectivity index (χ2n) is 9.11. The quantitative estimate of drug-likeness (QED) is 0.575. The number of aryl methyl sites for hydroxylation is 1. The molecule has 0 unspecified atom stereocenters. The van der Waals surface area contributed by atoms with Gasteiger partial charge in [-0.15, -0.1) is 0 Å². The first kappa shape index (κ1) is 23.8. The first-order chi connectivity index (χ1) is 16.2. The van der Waals surface area contributed by atoms with Gasteiger partial charge in [0.1, 0.15) is 5.54 Å². The molecule has 2 N–H and O–H groups in total. The molecule has 1 spiro atoms. The molecule has 11 heteroatoms. The first-order valence-corrected chi connectivity index (χ1v) is 11.4. The SMILES string of the molecule is COc1cc2nc(N3CCC4(CC3)C(=O)NC(=O)N4CCCN(C)C)[nH]c(=O)c2c(C)c1OC. The molecule has 3 amide bonds. The Morgan fingerprint density at radius 3 is 2.47 bits per heavy atom. The summed E-state index contributed by atoms with van der Waals surface area (Å²) >= 11 is 0. The minimum absolute atomic E-state index is 0.241. The maximum absolute atomic E-state index is 13.0. The van der Waals surface area contributed by atoms with Crippen molar-refractivity contribution in [1.82, 2.24) is 25.1 Å². The van der Waals surface area contributed by atoms with Crippen LogP contribution >= 0.6 is 0 Å². The number of aromatic amines is 1. The van der Waals surface area contributed by atoms with E-state index in [-0.39, 0.29) is 17.5 Å². The van der Waals surface area contributed by atoms with Gasteiger partial charge < -0.3 is 24.2 Å². The van der Waals surface area contributed by atoms with Crippen LogP contribution in [-0.2, 0) is 4.79 Å². The molecule has 184 valence electrons. The molecule has 2 fully saturated rings. The van der Waals surface area contributed by atoms with Crippen molar-refractivity contribution in [2.75, 3.05) is 59.4 Å². The van der Waals surface area contributed by atoms with Gasteiger partial charge >= 0.3 is 6.03 Å². The number of piperidine rings is 1. The summed E-state index contributed by atoms with van der Waals surface area (Å²) in [7, 11) is 7.03. The summed E-state index contributed by atoms with van der Waals surface area (Å²) in [5.41, 5.74) is 0.0416.